The Hall–Kier alpha value is -4.08. The Morgan fingerprint density at radius 2 is 1.73 bits per heavy atom. The number of benzene rings is 2. The van der Waals surface area contributed by atoms with E-state index in [1.54, 1.807) is 42.7 Å². The van der Waals surface area contributed by atoms with Gasteiger partial charge in [-0.25, -0.2) is 14.2 Å². The van der Waals surface area contributed by atoms with Crippen LogP contribution < -0.4 is 20.7 Å². The van der Waals surface area contributed by atoms with Crippen LogP contribution >= 0.6 is 12.4 Å². The highest BCUT2D eigenvalue weighted by Gasteiger charge is 2.19. The fraction of sp³-hybridized carbons (Fsp3) is 0.185. The number of hydrogen-bond acceptors (Lipinski definition) is 6. The second-order valence-electron chi connectivity index (χ2n) is 8.45. The van der Waals surface area contributed by atoms with Crippen molar-refractivity contribution in [2.24, 2.45) is 0 Å². The molecule has 1 fully saturated rings. The molecule has 0 spiro atoms. The van der Waals surface area contributed by atoms with Crippen molar-refractivity contribution in [3.8, 4) is 23.0 Å². The molecule has 0 bridgehead atoms. The second-order valence-corrected chi connectivity index (χ2v) is 8.45. The van der Waals surface area contributed by atoms with E-state index in [4.69, 9.17) is 9.72 Å². The maximum absolute atomic E-state index is 13.4. The number of piperidine rings is 1. The van der Waals surface area contributed by atoms with Gasteiger partial charge in [0.25, 0.3) is 0 Å². The number of carbonyl (C=O) groups excluding carboxylic acids is 1. The molecule has 37 heavy (non-hydrogen) atoms. The van der Waals surface area contributed by atoms with Gasteiger partial charge in [-0.1, -0.05) is 12.1 Å². The summed E-state index contributed by atoms with van der Waals surface area (Å²) in [6, 6.07) is 17.8. The number of anilines is 2. The Balaban J connectivity index is 0.00000320. The summed E-state index contributed by atoms with van der Waals surface area (Å²) in [5, 5.41) is 8.77. The zero-order chi connectivity index (χ0) is 24.7. The third kappa shape index (κ3) is 6.99. The number of nitrogens with zero attached hydrogens (tertiary/aromatic N) is 3. The molecule has 5 rings (SSSR count). The molecule has 2 aromatic carbocycles. The van der Waals surface area contributed by atoms with Gasteiger partial charge in [-0.15, -0.1) is 12.4 Å². The van der Waals surface area contributed by atoms with Crippen LogP contribution in [-0.2, 0) is 0 Å². The Labute approximate surface area is 220 Å². The molecule has 3 heterocycles. The molecule has 1 aliphatic heterocycles. The molecule has 1 unspecified atom stereocenters. The van der Waals surface area contributed by atoms with Gasteiger partial charge >= 0.3 is 6.03 Å². The largest absolute Gasteiger partial charge is 0.439 e. The maximum Gasteiger partial charge on any atom is 0.323 e. The quantitative estimate of drug-likeness (QED) is 0.288. The molecule has 1 saturated heterocycles. The van der Waals surface area contributed by atoms with E-state index in [-0.39, 0.29) is 18.3 Å². The van der Waals surface area contributed by atoms with Gasteiger partial charge in [-0.3, -0.25) is 4.98 Å². The first-order valence-corrected chi connectivity index (χ1v) is 11.7. The van der Waals surface area contributed by atoms with Gasteiger partial charge in [0.1, 0.15) is 11.6 Å². The summed E-state index contributed by atoms with van der Waals surface area (Å²) in [4.78, 5) is 25.9. The molecule has 0 aliphatic carbocycles. The Morgan fingerprint density at radius 1 is 0.973 bits per heavy atom. The highest BCUT2D eigenvalue weighted by atomic mass is 35.5. The number of carbonyl (C=O) groups is 1. The topological polar surface area (TPSA) is 101 Å². The van der Waals surface area contributed by atoms with Crippen LogP contribution in [0.3, 0.4) is 0 Å². The third-order valence-electron chi connectivity index (χ3n) is 5.77. The van der Waals surface area contributed by atoms with Crippen LogP contribution in [-0.4, -0.2) is 34.1 Å². The Morgan fingerprint density at radius 3 is 2.46 bits per heavy atom. The first-order chi connectivity index (χ1) is 17.6. The summed E-state index contributed by atoms with van der Waals surface area (Å²) in [5.74, 6) is 1.33. The molecular formula is C27H26ClFN6O2. The van der Waals surface area contributed by atoms with Crippen molar-refractivity contribution in [3.63, 3.8) is 0 Å². The number of urea groups is 1. The predicted molar refractivity (Wildman–Crippen MR) is 143 cm³/mol. The highest BCUT2D eigenvalue weighted by molar-refractivity contribution is 5.99. The standard InChI is InChI=1S/C27H25FN6O2.ClH/c28-20-5-1-6-21(14-20)31-27(35)32-22-7-2-8-23(15-22)36-25-16-24(19-4-3-11-30-17-19)33-26(34-25)18-9-12-29-13-10-18;/h1-2,5-10,12-16,19,30H,3-4,11,17H2,(H2,31,32,35);1H. The molecule has 3 N–H and O–H groups in total. The lowest BCUT2D eigenvalue weighted by atomic mass is 9.96. The average Bonchev–Trinajstić information content (AvgIpc) is 2.90. The number of rotatable bonds is 6. The molecule has 2 aromatic heterocycles. The number of hydrogen-bond donors (Lipinski definition) is 3. The van der Waals surface area contributed by atoms with Crippen molar-refractivity contribution in [1.29, 1.82) is 0 Å². The minimum atomic E-state index is -0.494. The summed E-state index contributed by atoms with van der Waals surface area (Å²) >= 11 is 0. The van der Waals surface area contributed by atoms with Crippen molar-refractivity contribution >= 4 is 29.8 Å². The molecule has 1 atom stereocenters. The molecular weight excluding hydrogens is 495 g/mol. The molecule has 10 heteroatoms. The monoisotopic (exact) mass is 520 g/mol. The van der Waals surface area contributed by atoms with E-state index in [0.717, 1.165) is 37.2 Å². The first kappa shape index (κ1) is 26.0. The normalized spacial score (nSPS) is 14.8. The van der Waals surface area contributed by atoms with E-state index < -0.39 is 11.8 Å². The number of aromatic nitrogens is 3. The average molecular weight is 521 g/mol. The molecule has 190 valence electrons. The van der Waals surface area contributed by atoms with Crippen LogP contribution in [0, 0.1) is 5.82 Å². The summed E-state index contributed by atoms with van der Waals surface area (Å²) in [5.41, 5.74) is 2.64. The van der Waals surface area contributed by atoms with Crippen molar-refractivity contribution < 1.29 is 13.9 Å². The highest BCUT2D eigenvalue weighted by Crippen LogP contribution is 2.30. The molecule has 0 saturated carbocycles. The number of ether oxygens (including phenoxy) is 1. The lowest BCUT2D eigenvalue weighted by Gasteiger charge is -2.23. The first-order valence-electron chi connectivity index (χ1n) is 11.7. The molecule has 2 amide bonds. The van der Waals surface area contributed by atoms with E-state index in [9.17, 15) is 9.18 Å². The smallest absolute Gasteiger partial charge is 0.323 e. The van der Waals surface area contributed by atoms with Gasteiger partial charge in [-0.05, 0) is 61.9 Å². The predicted octanol–water partition coefficient (Wildman–Crippen LogP) is 6.00. The van der Waals surface area contributed by atoms with E-state index >= 15 is 0 Å². The Bertz CT molecular complexity index is 1350. The second kappa shape index (κ2) is 12.2. The fourth-order valence-electron chi connectivity index (χ4n) is 4.06. The number of halogens is 2. The van der Waals surface area contributed by atoms with Gasteiger partial charge in [0.15, 0.2) is 5.82 Å². The van der Waals surface area contributed by atoms with Gasteiger partial charge in [0.05, 0.1) is 5.69 Å². The Kier molecular flexibility index (Phi) is 8.60. The van der Waals surface area contributed by atoms with E-state index in [0.29, 0.717) is 28.8 Å². The van der Waals surface area contributed by atoms with Crippen molar-refractivity contribution in [3.05, 3.63) is 90.6 Å². The minimum Gasteiger partial charge on any atom is -0.439 e. The molecule has 4 aromatic rings. The van der Waals surface area contributed by atoms with Crippen LogP contribution in [0.1, 0.15) is 24.5 Å². The van der Waals surface area contributed by atoms with E-state index in [1.807, 2.05) is 18.2 Å². The summed E-state index contributed by atoms with van der Waals surface area (Å²) in [6.07, 6.45) is 5.54. The van der Waals surface area contributed by atoms with Crippen LogP contribution in [0.25, 0.3) is 11.4 Å². The molecule has 0 radical (unpaired) electrons. The summed E-state index contributed by atoms with van der Waals surface area (Å²) in [6.45, 7) is 1.86. The van der Waals surface area contributed by atoms with Crippen LogP contribution in [0.4, 0.5) is 20.6 Å². The van der Waals surface area contributed by atoms with Gasteiger partial charge in [-0.2, -0.15) is 4.98 Å². The van der Waals surface area contributed by atoms with Crippen LogP contribution in [0.2, 0.25) is 0 Å². The number of nitrogens with one attached hydrogen (secondary N) is 3. The van der Waals surface area contributed by atoms with E-state index in [1.165, 1.54) is 18.2 Å². The minimum absolute atomic E-state index is 0. The fourth-order valence-corrected chi connectivity index (χ4v) is 4.06. The van der Waals surface area contributed by atoms with Crippen molar-refractivity contribution in [1.82, 2.24) is 20.3 Å². The zero-order valence-corrected chi connectivity index (χ0v) is 20.7. The summed E-state index contributed by atoms with van der Waals surface area (Å²) in [7, 11) is 0. The van der Waals surface area contributed by atoms with Crippen LogP contribution in [0.15, 0.2) is 79.1 Å². The van der Waals surface area contributed by atoms with Gasteiger partial charge < -0.3 is 20.7 Å². The zero-order valence-electron chi connectivity index (χ0n) is 19.9. The lowest BCUT2D eigenvalue weighted by Crippen LogP contribution is -2.29. The lowest BCUT2D eigenvalue weighted by molar-refractivity contribution is 0.262. The van der Waals surface area contributed by atoms with Gasteiger partial charge in [0.2, 0.25) is 5.88 Å². The van der Waals surface area contributed by atoms with Gasteiger partial charge in [0, 0.05) is 53.9 Å². The molecule has 1 aliphatic rings. The SMILES string of the molecule is Cl.O=C(Nc1cccc(F)c1)Nc1cccc(Oc2cc(C3CCCNC3)nc(-c3ccncc3)n2)c1. The third-order valence-corrected chi connectivity index (χ3v) is 5.77. The maximum atomic E-state index is 13.4. The number of pyridine rings is 1. The summed E-state index contributed by atoms with van der Waals surface area (Å²) < 4.78 is 19.5. The van der Waals surface area contributed by atoms with Crippen LogP contribution in [0.5, 0.6) is 11.6 Å². The molecule has 8 nitrogen and oxygen atoms in total. The van der Waals surface area contributed by atoms with Crippen molar-refractivity contribution in [2.45, 2.75) is 18.8 Å². The van der Waals surface area contributed by atoms with Crippen molar-refractivity contribution in [2.75, 3.05) is 23.7 Å². The van der Waals surface area contributed by atoms with E-state index in [2.05, 4.69) is 25.9 Å². The number of amides is 2.